The number of amides is 2. The van der Waals surface area contributed by atoms with E-state index in [9.17, 15) is 9.59 Å². The molecule has 1 aromatic rings. The lowest BCUT2D eigenvalue weighted by atomic mass is 10.2. The molecule has 5 heteroatoms. The van der Waals surface area contributed by atoms with Crippen molar-refractivity contribution < 1.29 is 14.0 Å². The van der Waals surface area contributed by atoms with Gasteiger partial charge >= 0.3 is 0 Å². The fourth-order valence-corrected chi connectivity index (χ4v) is 2.20. The number of rotatable bonds is 4. The van der Waals surface area contributed by atoms with E-state index < -0.39 is 0 Å². The average molecular weight is 264 g/mol. The maximum atomic E-state index is 12.0. The summed E-state index contributed by atoms with van der Waals surface area (Å²) in [5.41, 5.74) is 0. The average Bonchev–Trinajstić information content (AvgIpc) is 2.98. The van der Waals surface area contributed by atoms with Gasteiger partial charge in [0.1, 0.15) is 0 Å². The molecule has 0 N–H and O–H groups in total. The first kappa shape index (κ1) is 13.6. The summed E-state index contributed by atoms with van der Waals surface area (Å²) in [4.78, 5) is 27.5. The molecule has 104 valence electrons. The molecule has 0 saturated carbocycles. The fraction of sp³-hybridized carbons (Fsp3) is 0.571. The first-order valence-corrected chi connectivity index (χ1v) is 6.83. The second kappa shape index (κ2) is 6.41. The van der Waals surface area contributed by atoms with Crippen LogP contribution < -0.4 is 0 Å². The van der Waals surface area contributed by atoms with E-state index in [4.69, 9.17) is 4.42 Å². The predicted molar refractivity (Wildman–Crippen MR) is 70.7 cm³/mol. The molecule has 1 aliphatic rings. The Labute approximate surface area is 113 Å². The Morgan fingerprint density at radius 1 is 1.21 bits per heavy atom. The van der Waals surface area contributed by atoms with E-state index in [0.717, 1.165) is 12.8 Å². The lowest BCUT2D eigenvalue weighted by Crippen LogP contribution is -2.50. The zero-order valence-electron chi connectivity index (χ0n) is 11.3. The van der Waals surface area contributed by atoms with Crippen molar-refractivity contribution in [1.29, 1.82) is 0 Å². The highest BCUT2D eigenvalue weighted by Gasteiger charge is 2.25. The van der Waals surface area contributed by atoms with Crippen molar-refractivity contribution in [2.24, 2.45) is 0 Å². The quantitative estimate of drug-likeness (QED) is 0.832. The van der Waals surface area contributed by atoms with Crippen LogP contribution in [0.5, 0.6) is 0 Å². The molecule has 0 aromatic carbocycles. The highest BCUT2D eigenvalue weighted by Crippen LogP contribution is 2.10. The molecule has 2 rings (SSSR count). The van der Waals surface area contributed by atoms with Crippen molar-refractivity contribution in [3.63, 3.8) is 0 Å². The Hall–Kier alpha value is -1.78. The molecular weight excluding hydrogens is 244 g/mol. The minimum absolute atomic E-state index is 0.0920. The molecule has 0 atom stereocenters. The summed E-state index contributed by atoms with van der Waals surface area (Å²) in [6, 6.07) is 3.37. The molecule has 1 saturated heterocycles. The van der Waals surface area contributed by atoms with Gasteiger partial charge < -0.3 is 14.2 Å². The van der Waals surface area contributed by atoms with Gasteiger partial charge in [0.05, 0.1) is 6.26 Å². The van der Waals surface area contributed by atoms with Crippen LogP contribution in [0, 0.1) is 0 Å². The van der Waals surface area contributed by atoms with Gasteiger partial charge in [-0.2, -0.15) is 0 Å². The summed E-state index contributed by atoms with van der Waals surface area (Å²) in [5, 5.41) is 0. The molecule has 0 radical (unpaired) electrons. The normalized spacial score (nSPS) is 15.6. The minimum Gasteiger partial charge on any atom is -0.459 e. The van der Waals surface area contributed by atoms with Crippen LogP contribution in [0.4, 0.5) is 0 Å². The molecule has 0 bridgehead atoms. The molecule has 2 heterocycles. The molecule has 0 unspecified atom stereocenters. The maximum absolute atomic E-state index is 12.0. The fourth-order valence-electron chi connectivity index (χ4n) is 2.20. The van der Waals surface area contributed by atoms with E-state index in [0.29, 0.717) is 38.4 Å². The lowest BCUT2D eigenvalue weighted by Gasteiger charge is -2.34. The molecule has 1 aliphatic heterocycles. The molecule has 1 fully saturated rings. The van der Waals surface area contributed by atoms with Gasteiger partial charge in [0.25, 0.3) is 5.91 Å². The van der Waals surface area contributed by atoms with Gasteiger partial charge in [-0.05, 0) is 18.6 Å². The maximum Gasteiger partial charge on any atom is 0.289 e. The number of hydrogen-bond acceptors (Lipinski definition) is 3. The summed E-state index contributed by atoms with van der Waals surface area (Å²) >= 11 is 0. The van der Waals surface area contributed by atoms with Crippen molar-refractivity contribution in [3.8, 4) is 0 Å². The van der Waals surface area contributed by atoms with Crippen LogP contribution in [0.25, 0.3) is 0 Å². The number of carbonyl (C=O) groups excluding carboxylic acids is 2. The molecule has 1 aromatic heterocycles. The van der Waals surface area contributed by atoms with Gasteiger partial charge in [-0.1, -0.05) is 13.3 Å². The van der Waals surface area contributed by atoms with Crippen LogP contribution in [0.15, 0.2) is 22.8 Å². The lowest BCUT2D eigenvalue weighted by molar-refractivity contribution is -0.132. The Bertz CT molecular complexity index is 420. The number of unbranched alkanes of at least 4 members (excludes halogenated alkanes) is 1. The van der Waals surface area contributed by atoms with E-state index in [1.54, 1.807) is 17.0 Å². The monoisotopic (exact) mass is 264 g/mol. The number of furan rings is 1. The number of piperazine rings is 1. The van der Waals surface area contributed by atoms with Crippen LogP contribution in [-0.4, -0.2) is 47.8 Å². The van der Waals surface area contributed by atoms with Gasteiger partial charge in [-0.15, -0.1) is 0 Å². The SMILES string of the molecule is CCCCC(=O)N1CCN(C(=O)c2ccco2)CC1. The first-order chi connectivity index (χ1) is 9.22. The summed E-state index contributed by atoms with van der Waals surface area (Å²) in [6.45, 7) is 4.48. The number of nitrogens with zero attached hydrogens (tertiary/aromatic N) is 2. The van der Waals surface area contributed by atoms with Crippen LogP contribution in [0.2, 0.25) is 0 Å². The first-order valence-electron chi connectivity index (χ1n) is 6.83. The van der Waals surface area contributed by atoms with Crippen molar-refractivity contribution in [3.05, 3.63) is 24.2 Å². The van der Waals surface area contributed by atoms with Gasteiger partial charge in [0.15, 0.2) is 5.76 Å². The predicted octanol–water partition coefficient (Wildman–Crippen LogP) is 1.75. The Morgan fingerprint density at radius 2 is 1.89 bits per heavy atom. The summed E-state index contributed by atoms with van der Waals surface area (Å²) in [7, 11) is 0. The van der Waals surface area contributed by atoms with Crippen molar-refractivity contribution in [1.82, 2.24) is 9.80 Å². The zero-order valence-corrected chi connectivity index (χ0v) is 11.3. The third kappa shape index (κ3) is 3.36. The second-order valence-corrected chi connectivity index (χ2v) is 4.75. The topological polar surface area (TPSA) is 53.8 Å². The number of carbonyl (C=O) groups is 2. The van der Waals surface area contributed by atoms with E-state index in [1.807, 2.05) is 4.90 Å². The Morgan fingerprint density at radius 3 is 2.47 bits per heavy atom. The second-order valence-electron chi connectivity index (χ2n) is 4.75. The van der Waals surface area contributed by atoms with Gasteiger partial charge in [-0.25, -0.2) is 0 Å². The Kier molecular flexibility index (Phi) is 4.60. The van der Waals surface area contributed by atoms with Gasteiger partial charge in [0, 0.05) is 32.6 Å². The highest BCUT2D eigenvalue weighted by molar-refractivity contribution is 5.91. The van der Waals surface area contributed by atoms with Crippen LogP contribution in [0.1, 0.15) is 36.7 Å². The van der Waals surface area contributed by atoms with E-state index in [2.05, 4.69) is 6.92 Å². The summed E-state index contributed by atoms with van der Waals surface area (Å²) < 4.78 is 5.10. The van der Waals surface area contributed by atoms with E-state index in [1.165, 1.54) is 6.26 Å². The minimum atomic E-state index is -0.0920. The molecule has 5 nitrogen and oxygen atoms in total. The van der Waals surface area contributed by atoms with Crippen LogP contribution in [0.3, 0.4) is 0 Å². The van der Waals surface area contributed by atoms with E-state index >= 15 is 0 Å². The van der Waals surface area contributed by atoms with Crippen LogP contribution >= 0.6 is 0 Å². The Balaban J connectivity index is 1.82. The molecule has 19 heavy (non-hydrogen) atoms. The number of hydrogen-bond donors (Lipinski definition) is 0. The smallest absolute Gasteiger partial charge is 0.289 e. The molecule has 2 amide bonds. The van der Waals surface area contributed by atoms with E-state index in [-0.39, 0.29) is 11.8 Å². The van der Waals surface area contributed by atoms with Crippen LogP contribution in [-0.2, 0) is 4.79 Å². The summed E-state index contributed by atoms with van der Waals surface area (Å²) in [6.07, 6.45) is 4.08. The van der Waals surface area contributed by atoms with Gasteiger partial charge in [0.2, 0.25) is 5.91 Å². The summed E-state index contributed by atoms with van der Waals surface area (Å²) in [5.74, 6) is 0.475. The van der Waals surface area contributed by atoms with Crippen molar-refractivity contribution in [2.75, 3.05) is 26.2 Å². The largest absolute Gasteiger partial charge is 0.459 e. The van der Waals surface area contributed by atoms with Crippen molar-refractivity contribution >= 4 is 11.8 Å². The molecular formula is C14H20N2O3. The molecule has 0 aliphatic carbocycles. The highest BCUT2D eigenvalue weighted by atomic mass is 16.3. The van der Waals surface area contributed by atoms with Crippen molar-refractivity contribution in [2.45, 2.75) is 26.2 Å². The zero-order chi connectivity index (χ0) is 13.7. The third-order valence-electron chi connectivity index (χ3n) is 3.40. The standard InChI is InChI=1S/C14H20N2O3/c1-2-3-6-13(17)15-7-9-16(10-8-15)14(18)12-5-4-11-19-12/h4-5,11H,2-3,6-10H2,1H3. The molecule has 0 spiro atoms. The van der Waals surface area contributed by atoms with Gasteiger partial charge in [-0.3, -0.25) is 9.59 Å². The third-order valence-corrected chi connectivity index (χ3v) is 3.40.